The molecule has 0 radical (unpaired) electrons. The molecule has 1 aliphatic heterocycles. The Hall–Kier alpha value is -2.63. The molecule has 0 aromatic carbocycles. The van der Waals surface area contributed by atoms with Crippen LogP contribution in [-0.4, -0.2) is 82.1 Å². The summed E-state index contributed by atoms with van der Waals surface area (Å²) < 4.78 is 39.3. The number of aromatic nitrogens is 4. The van der Waals surface area contributed by atoms with E-state index in [-0.39, 0.29) is 6.04 Å². The number of hydrogen-bond donors (Lipinski definition) is 3. The third-order valence-corrected chi connectivity index (χ3v) is 4.56. The van der Waals surface area contributed by atoms with Gasteiger partial charge in [0.15, 0.2) is 11.6 Å². The smallest absolute Gasteiger partial charge is 0.367 e. The Kier molecular flexibility index (Phi) is 6.72. The summed E-state index contributed by atoms with van der Waals surface area (Å²) in [5.74, 6) is 1.29. The average Bonchev–Trinajstić information content (AvgIpc) is 3.24. The third kappa shape index (κ3) is 5.92. The number of halogens is 3. The van der Waals surface area contributed by atoms with Gasteiger partial charge in [-0.25, -0.2) is 9.97 Å². The van der Waals surface area contributed by atoms with Gasteiger partial charge in [-0.15, -0.1) is 0 Å². The summed E-state index contributed by atoms with van der Waals surface area (Å²) in [6, 6.07) is -0.0556. The highest BCUT2D eigenvalue weighted by Crippen LogP contribution is 2.20. The largest absolute Gasteiger partial charge is 0.401 e. The van der Waals surface area contributed by atoms with Crippen molar-refractivity contribution >= 4 is 22.8 Å². The molecule has 9 nitrogen and oxygen atoms in total. The van der Waals surface area contributed by atoms with Crippen molar-refractivity contribution in [1.82, 2.24) is 35.3 Å². The summed E-state index contributed by atoms with van der Waals surface area (Å²) >= 11 is 0. The van der Waals surface area contributed by atoms with Crippen LogP contribution in [0.5, 0.6) is 0 Å². The highest BCUT2D eigenvalue weighted by atomic mass is 19.4. The van der Waals surface area contributed by atoms with Crippen molar-refractivity contribution < 1.29 is 13.2 Å². The molecule has 0 spiro atoms. The van der Waals surface area contributed by atoms with Gasteiger partial charge < -0.3 is 16.0 Å². The van der Waals surface area contributed by atoms with E-state index in [9.17, 15) is 13.2 Å². The van der Waals surface area contributed by atoms with Gasteiger partial charge in [0.25, 0.3) is 0 Å². The first-order valence-corrected chi connectivity index (χ1v) is 9.56. The fourth-order valence-electron chi connectivity index (χ4n) is 3.31. The molecule has 1 saturated heterocycles. The molecule has 3 N–H and O–H groups in total. The zero-order valence-corrected chi connectivity index (χ0v) is 16.5. The number of guanidine groups is 1. The number of hydrogen-bond acceptors (Lipinski definition) is 6. The summed E-state index contributed by atoms with van der Waals surface area (Å²) in [6.45, 7) is 3.53. The lowest BCUT2D eigenvalue weighted by Gasteiger charge is -2.19. The van der Waals surface area contributed by atoms with Crippen LogP contribution >= 0.6 is 0 Å². The van der Waals surface area contributed by atoms with E-state index in [1.807, 2.05) is 14.0 Å². The molecule has 3 heterocycles. The first-order valence-electron chi connectivity index (χ1n) is 9.56. The van der Waals surface area contributed by atoms with Crippen LogP contribution in [0.25, 0.3) is 11.0 Å². The second-order valence-electron chi connectivity index (χ2n) is 6.90. The Labute approximate surface area is 166 Å². The fraction of sp³-hybridized carbons (Fsp3) is 0.647. The maximum Gasteiger partial charge on any atom is 0.401 e. The van der Waals surface area contributed by atoms with Crippen molar-refractivity contribution in [3.63, 3.8) is 0 Å². The molecule has 0 amide bonds. The Morgan fingerprint density at radius 2 is 2.17 bits per heavy atom. The summed E-state index contributed by atoms with van der Waals surface area (Å²) in [6.07, 6.45) is -0.327. The number of nitrogens with zero attached hydrogens (tertiary/aromatic N) is 6. The van der Waals surface area contributed by atoms with Crippen LogP contribution in [0, 0.1) is 0 Å². The molecule has 1 atom stereocenters. The predicted molar refractivity (Wildman–Crippen MR) is 105 cm³/mol. The number of alkyl halides is 3. The number of rotatable bonds is 7. The molecule has 12 heteroatoms. The van der Waals surface area contributed by atoms with Crippen LogP contribution in [0.2, 0.25) is 0 Å². The topological polar surface area (TPSA) is 95.3 Å². The Bertz CT molecular complexity index is 833. The van der Waals surface area contributed by atoms with Crippen molar-refractivity contribution in [2.75, 3.05) is 44.6 Å². The minimum Gasteiger partial charge on any atom is -0.367 e. The van der Waals surface area contributed by atoms with Crippen molar-refractivity contribution in [2.45, 2.75) is 25.6 Å². The molecule has 3 rings (SSSR count). The lowest BCUT2D eigenvalue weighted by atomic mass is 10.3. The van der Waals surface area contributed by atoms with Gasteiger partial charge in [-0.05, 0) is 13.3 Å². The molecule has 0 saturated carbocycles. The first-order chi connectivity index (χ1) is 13.9. The lowest BCUT2D eigenvalue weighted by molar-refractivity contribution is -0.143. The van der Waals surface area contributed by atoms with E-state index in [2.05, 4.69) is 36.0 Å². The Morgan fingerprint density at radius 3 is 2.93 bits per heavy atom. The van der Waals surface area contributed by atoms with Crippen LogP contribution in [0.15, 0.2) is 17.5 Å². The normalized spacial score (nSPS) is 18.4. The second-order valence-corrected chi connectivity index (χ2v) is 6.90. The van der Waals surface area contributed by atoms with E-state index in [4.69, 9.17) is 0 Å². The molecule has 2 aromatic heterocycles. The van der Waals surface area contributed by atoms with E-state index in [0.717, 1.165) is 11.0 Å². The molecule has 0 aliphatic carbocycles. The van der Waals surface area contributed by atoms with Crippen LogP contribution in [0.4, 0.5) is 19.0 Å². The number of likely N-dealkylation sites (tertiary alicyclic amines) is 1. The third-order valence-electron chi connectivity index (χ3n) is 4.56. The van der Waals surface area contributed by atoms with Gasteiger partial charge >= 0.3 is 6.18 Å². The monoisotopic (exact) mass is 413 g/mol. The number of aryl methyl sites for hydroxylation is 1. The van der Waals surface area contributed by atoms with E-state index in [0.29, 0.717) is 50.9 Å². The molecule has 160 valence electrons. The molecule has 29 heavy (non-hydrogen) atoms. The zero-order valence-electron chi connectivity index (χ0n) is 16.5. The maximum absolute atomic E-state index is 12.5. The minimum atomic E-state index is -4.17. The van der Waals surface area contributed by atoms with Gasteiger partial charge in [-0.2, -0.15) is 18.3 Å². The van der Waals surface area contributed by atoms with E-state index in [1.165, 1.54) is 11.2 Å². The van der Waals surface area contributed by atoms with Gasteiger partial charge in [0, 0.05) is 39.3 Å². The zero-order chi connectivity index (χ0) is 20.9. The van der Waals surface area contributed by atoms with Gasteiger partial charge in [0.05, 0.1) is 24.7 Å². The quantitative estimate of drug-likeness (QED) is 0.354. The van der Waals surface area contributed by atoms with Crippen molar-refractivity contribution in [1.29, 1.82) is 0 Å². The van der Waals surface area contributed by atoms with Crippen molar-refractivity contribution in [3.8, 4) is 0 Å². The van der Waals surface area contributed by atoms with Gasteiger partial charge in [0.1, 0.15) is 12.1 Å². The molecular formula is C17H26F3N9. The number of aliphatic imine (C=N–C) groups is 1. The van der Waals surface area contributed by atoms with Crippen molar-refractivity contribution in [3.05, 3.63) is 12.5 Å². The first kappa shape index (κ1) is 21.1. The standard InChI is InChI=1S/C17H26F3N9/c1-3-21-16(27-12-4-7-29(9-12)10-17(18,19)20)23-6-5-22-14-13-8-26-28(2)15(13)25-11-24-14/h8,11-12H,3-7,9-10H2,1-2H3,(H2,21,23,27)(H,22,24,25). The Morgan fingerprint density at radius 1 is 1.34 bits per heavy atom. The van der Waals surface area contributed by atoms with Gasteiger partial charge in [-0.3, -0.25) is 14.6 Å². The van der Waals surface area contributed by atoms with E-state index >= 15 is 0 Å². The number of fused-ring (bicyclic) bond motifs is 1. The molecule has 1 unspecified atom stereocenters. The van der Waals surface area contributed by atoms with Crippen LogP contribution in [0.3, 0.4) is 0 Å². The van der Waals surface area contributed by atoms with Crippen LogP contribution in [0.1, 0.15) is 13.3 Å². The lowest BCUT2D eigenvalue weighted by Crippen LogP contribution is -2.45. The highest BCUT2D eigenvalue weighted by Gasteiger charge is 2.34. The van der Waals surface area contributed by atoms with Crippen molar-refractivity contribution in [2.24, 2.45) is 12.0 Å². The molecule has 1 fully saturated rings. The van der Waals surface area contributed by atoms with Gasteiger partial charge in [0.2, 0.25) is 0 Å². The summed E-state index contributed by atoms with van der Waals surface area (Å²) in [4.78, 5) is 14.4. The number of nitrogens with one attached hydrogen (secondary N) is 3. The summed E-state index contributed by atoms with van der Waals surface area (Å²) in [5, 5.41) is 14.6. The predicted octanol–water partition coefficient (Wildman–Crippen LogP) is 0.967. The molecule has 2 aromatic rings. The summed E-state index contributed by atoms with van der Waals surface area (Å²) in [7, 11) is 1.82. The van der Waals surface area contributed by atoms with Gasteiger partial charge in [-0.1, -0.05) is 0 Å². The highest BCUT2D eigenvalue weighted by molar-refractivity contribution is 5.86. The molecular weight excluding hydrogens is 387 g/mol. The fourth-order valence-corrected chi connectivity index (χ4v) is 3.31. The average molecular weight is 413 g/mol. The van der Waals surface area contributed by atoms with Crippen LogP contribution < -0.4 is 16.0 Å². The molecule has 1 aliphatic rings. The summed E-state index contributed by atoms with van der Waals surface area (Å²) in [5.41, 5.74) is 0.741. The molecule has 0 bridgehead atoms. The SMILES string of the molecule is CCNC(=NCCNc1ncnc2c1cnn2C)NC1CCN(CC(F)(F)F)C1. The maximum atomic E-state index is 12.5. The van der Waals surface area contributed by atoms with Crippen LogP contribution in [-0.2, 0) is 7.05 Å². The minimum absolute atomic E-state index is 0.0556. The van der Waals surface area contributed by atoms with E-state index < -0.39 is 12.7 Å². The Balaban J connectivity index is 1.50. The second kappa shape index (κ2) is 9.25. The number of anilines is 1. The van der Waals surface area contributed by atoms with E-state index in [1.54, 1.807) is 10.9 Å².